The summed E-state index contributed by atoms with van der Waals surface area (Å²) in [6, 6.07) is 5.12. The van der Waals surface area contributed by atoms with Gasteiger partial charge in [0.05, 0.1) is 11.7 Å². The number of aryl methyl sites for hydroxylation is 2. The van der Waals surface area contributed by atoms with E-state index in [1.807, 2.05) is 18.2 Å². The smallest absolute Gasteiger partial charge is 0.115 e. The molecule has 0 amide bonds. The van der Waals surface area contributed by atoms with Crippen LogP contribution in [0.4, 0.5) is 0 Å². The molecule has 5 heteroatoms. The Morgan fingerprint density at radius 1 is 1.16 bits per heavy atom. The number of nitrogens with two attached hydrogens (primary N) is 1. The molecule has 0 saturated carbocycles. The predicted octanol–water partition coefficient (Wildman–Crippen LogP) is 4.38. The summed E-state index contributed by atoms with van der Waals surface area (Å²) in [5.41, 5.74) is 8.30. The van der Waals surface area contributed by atoms with Crippen molar-refractivity contribution in [3.05, 3.63) is 49.4 Å². The molecule has 1 aromatic heterocycles. The predicted molar refractivity (Wildman–Crippen MR) is 81.2 cm³/mol. The lowest BCUT2D eigenvalue weighted by molar-refractivity contribution is 0.678. The maximum atomic E-state index is 6.31. The van der Waals surface area contributed by atoms with Crippen molar-refractivity contribution >= 4 is 34.5 Å². The SMILES string of the molecule is NC(c1nc2c(s1)CCCC2)c1c(Cl)cccc1Cl. The highest BCUT2D eigenvalue weighted by molar-refractivity contribution is 7.11. The topological polar surface area (TPSA) is 38.9 Å². The number of hydrogen-bond acceptors (Lipinski definition) is 3. The van der Waals surface area contributed by atoms with Gasteiger partial charge in [0.15, 0.2) is 0 Å². The highest BCUT2D eigenvalue weighted by atomic mass is 35.5. The van der Waals surface area contributed by atoms with Crippen molar-refractivity contribution in [3.8, 4) is 0 Å². The standard InChI is InChI=1S/C14H14Cl2N2S/c15-8-4-3-5-9(16)12(8)13(17)14-18-10-6-1-2-7-11(10)19-14/h3-5,13H,1-2,6-7,17H2. The van der Waals surface area contributed by atoms with Crippen molar-refractivity contribution in [1.82, 2.24) is 4.98 Å². The van der Waals surface area contributed by atoms with Gasteiger partial charge in [-0.3, -0.25) is 0 Å². The molecule has 0 spiro atoms. The molecule has 0 bridgehead atoms. The van der Waals surface area contributed by atoms with Gasteiger partial charge < -0.3 is 5.73 Å². The summed E-state index contributed by atoms with van der Waals surface area (Å²) in [6.45, 7) is 0. The molecule has 1 aliphatic rings. The highest BCUT2D eigenvalue weighted by Gasteiger charge is 2.22. The quantitative estimate of drug-likeness (QED) is 0.894. The van der Waals surface area contributed by atoms with E-state index < -0.39 is 0 Å². The maximum Gasteiger partial charge on any atom is 0.115 e. The van der Waals surface area contributed by atoms with Crippen molar-refractivity contribution in [2.45, 2.75) is 31.7 Å². The first-order valence-corrected chi connectivity index (χ1v) is 7.92. The fourth-order valence-electron chi connectivity index (χ4n) is 2.44. The minimum atomic E-state index is -0.336. The lowest BCUT2D eigenvalue weighted by Crippen LogP contribution is -2.13. The Morgan fingerprint density at radius 2 is 1.84 bits per heavy atom. The van der Waals surface area contributed by atoms with Crippen molar-refractivity contribution in [1.29, 1.82) is 0 Å². The van der Waals surface area contributed by atoms with Crippen molar-refractivity contribution in [3.63, 3.8) is 0 Å². The minimum Gasteiger partial charge on any atom is -0.318 e. The van der Waals surface area contributed by atoms with Crippen molar-refractivity contribution < 1.29 is 0 Å². The van der Waals surface area contributed by atoms with E-state index in [4.69, 9.17) is 28.9 Å². The van der Waals surface area contributed by atoms with Crippen LogP contribution in [0.5, 0.6) is 0 Å². The molecular weight excluding hydrogens is 299 g/mol. The van der Waals surface area contributed by atoms with E-state index in [0.717, 1.165) is 23.4 Å². The van der Waals surface area contributed by atoms with Gasteiger partial charge >= 0.3 is 0 Å². The Hall–Kier alpha value is -0.610. The molecule has 1 heterocycles. The van der Waals surface area contributed by atoms with E-state index in [2.05, 4.69) is 4.98 Å². The second kappa shape index (κ2) is 5.41. The normalized spacial score (nSPS) is 16.2. The van der Waals surface area contributed by atoms with Gasteiger partial charge in [0.25, 0.3) is 0 Å². The van der Waals surface area contributed by atoms with Gasteiger partial charge in [-0.05, 0) is 37.8 Å². The summed E-state index contributed by atoms with van der Waals surface area (Å²) in [5, 5.41) is 2.13. The summed E-state index contributed by atoms with van der Waals surface area (Å²) < 4.78 is 0. The number of thiazole rings is 1. The van der Waals surface area contributed by atoms with Crippen LogP contribution in [0.25, 0.3) is 0 Å². The molecule has 2 N–H and O–H groups in total. The third-order valence-electron chi connectivity index (χ3n) is 3.44. The van der Waals surface area contributed by atoms with E-state index in [1.54, 1.807) is 11.3 Å². The zero-order chi connectivity index (χ0) is 13.4. The first kappa shape index (κ1) is 13.4. The lowest BCUT2D eigenvalue weighted by Gasteiger charge is -2.12. The summed E-state index contributed by atoms with van der Waals surface area (Å²) in [6.07, 6.45) is 4.65. The number of nitrogens with zero attached hydrogens (tertiary/aromatic N) is 1. The molecule has 19 heavy (non-hydrogen) atoms. The molecule has 100 valence electrons. The van der Waals surface area contributed by atoms with Gasteiger partial charge in [-0.15, -0.1) is 11.3 Å². The summed E-state index contributed by atoms with van der Waals surface area (Å²) in [7, 11) is 0. The monoisotopic (exact) mass is 312 g/mol. The van der Waals surface area contributed by atoms with Crippen LogP contribution in [0.2, 0.25) is 10.0 Å². The van der Waals surface area contributed by atoms with Crippen LogP contribution in [0, 0.1) is 0 Å². The number of rotatable bonds is 2. The van der Waals surface area contributed by atoms with E-state index in [-0.39, 0.29) is 6.04 Å². The molecule has 2 nitrogen and oxygen atoms in total. The molecule has 0 radical (unpaired) electrons. The summed E-state index contributed by atoms with van der Waals surface area (Å²) >= 11 is 14.1. The number of benzene rings is 1. The zero-order valence-corrected chi connectivity index (χ0v) is 12.7. The Bertz CT molecular complexity index is 566. The second-order valence-electron chi connectivity index (χ2n) is 4.74. The Balaban J connectivity index is 1.99. The fraction of sp³-hybridized carbons (Fsp3) is 0.357. The second-order valence-corrected chi connectivity index (χ2v) is 6.67. The lowest BCUT2D eigenvalue weighted by atomic mass is 10.0. The van der Waals surface area contributed by atoms with Crippen LogP contribution in [0.1, 0.15) is 40.0 Å². The Kier molecular flexibility index (Phi) is 3.81. The first-order valence-electron chi connectivity index (χ1n) is 6.35. The third kappa shape index (κ3) is 2.52. The molecule has 0 saturated heterocycles. The van der Waals surface area contributed by atoms with E-state index >= 15 is 0 Å². The van der Waals surface area contributed by atoms with Crippen LogP contribution in [0.15, 0.2) is 18.2 Å². The third-order valence-corrected chi connectivity index (χ3v) is 5.34. The maximum absolute atomic E-state index is 6.31. The highest BCUT2D eigenvalue weighted by Crippen LogP contribution is 2.36. The van der Waals surface area contributed by atoms with Gasteiger partial charge in [0.1, 0.15) is 5.01 Å². The zero-order valence-electron chi connectivity index (χ0n) is 10.3. The molecule has 1 atom stereocenters. The average Bonchev–Trinajstić information content (AvgIpc) is 2.82. The van der Waals surface area contributed by atoms with Crippen LogP contribution in [-0.2, 0) is 12.8 Å². The Morgan fingerprint density at radius 3 is 2.53 bits per heavy atom. The average molecular weight is 313 g/mol. The van der Waals surface area contributed by atoms with Gasteiger partial charge in [-0.1, -0.05) is 29.3 Å². The van der Waals surface area contributed by atoms with E-state index in [1.165, 1.54) is 23.4 Å². The van der Waals surface area contributed by atoms with Crippen LogP contribution >= 0.6 is 34.5 Å². The van der Waals surface area contributed by atoms with Crippen LogP contribution < -0.4 is 5.73 Å². The summed E-state index contributed by atoms with van der Waals surface area (Å²) in [4.78, 5) is 6.06. The number of aromatic nitrogens is 1. The first-order chi connectivity index (χ1) is 9.16. The minimum absolute atomic E-state index is 0.336. The van der Waals surface area contributed by atoms with Crippen molar-refractivity contribution in [2.24, 2.45) is 5.73 Å². The van der Waals surface area contributed by atoms with Gasteiger partial charge in [0, 0.05) is 20.5 Å². The number of fused-ring (bicyclic) bond motifs is 1. The van der Waals surface area contributed by atoms with Crippen LogP contribution in [0.3, 0.4) is 0 Å². The summed E-state index contributed by atoms with van der Waals surface area (Å²) in [5.74, 6) is 0. The molecule has 3 rings (SSSR count). The number of hydrogen-bond donors (Lipinski definition) is 1. The molecule has 0 aliphatic heterocycles. The van der Waals surface area contributed by atoms with Gasteiger partial charge in [0.2, 0.25) is 0 Å². The molecular formula is C14H14Cl2N2S. The van der Waals surface area contributed by atoms with E-state index in [9.17, 15) is 0 Å². The Labute approximate surface area is 126 Å². The molecule has 2 aromatic rings. The number of halogens is 2. The van der Waals surface area contributed by atoms with Crippen molar-refractivity contribution in [2.75, 3.05) is 0 Å². The molecule has 0 fully saturated rings. The molecule has 1 aromatic carbocycles. The van der Waals surface area contributed by atoms with Gasteiger partial charge in [-0.25, -0.2) is 4.98 Å². The van der Waals surface area contributed by atoms with E-state index in [0.29, 0.717) is 10.0 Å². The molecule has 1 unspecified atom stereocenters. The van der Waals surface area contributed by atoms with Gasteiger partial charge in [-0.2, -0.15) is 0 Å². The van der Waals surface area contributed by atoms with Crippen LogP contribution in [-0.4, -0.2) is 4.98 Å². The fourth-order valence-corrected chi connectivity index (χ4v) is 4.23. The largest absolute Gasteiger partial charge is 0.318 e. The molecule has 1 aliphatic carbocycles.